The number of nitrogens with zero attached hydrogens (tertiary/aromatic N) is 3. The van der Waals surface area contributed by atoms with Crippen LogP contribution in [0.3, 0.4) is 0 Å². The van der Waals surface area contributed by atoms with E-state index < -0.39 is 12.0 Å². The van der Waals surface area contributed by atoms with Crippen LogP contribution in [0.2, 0.25) is 0 Å². The first-order chi connectivity index (χ1) is 21.5. The highest BCUT2D eigenvalue weighted by atomic mass is 19.1. The lowest BCUT2D eigenvalue weighted by Crippen LogP contribution is -2.50. The number of benzene rings is 3. The third-order valence-electron chi connectivity index (χ3n) is 8.98. The molecule has 9 heteroatoms. The molecule has 0 aromatic heterocycles. The fourth-order valence-electron chi connectivity index (χ4n) is 6.86. The minimum Gasteiger partial charge on any atom is -0.490 e. The van der Waals surface area contributed by atoms with Crippen LogP contribution in [0.25, 0.3) is 0 Å². The molecule has 3 aromatic rings. The monoisotopic (exact) mass is 600 g/mol. The van der Waals surface area contributed by atoms with E-state index in [0.29, 0.717) is 49.8 Å². The molecule has 3 aliphatic heterocycles. The number of hydrogen-bond acceptors (Lipinski definition) is 6. The highest BCUT2D eigenvalue weighted by molar-refractivity contribution is 6.01. The zero-order chi connectivity index (χ0) is 30.6. The van der Waals surface area contributed by atoms with Crippen LogP contribution in [-0.4, -0.2) is 80.6 Å². The number of amides is 2. The minimum absolute atomic E-state index is 0.0353. The third kappa shape index (κ3) is 5.98. The molecule has 0 saturated carbocycles. The summed E-state index contributed by atoms with van der Waals surface area (Å²) >= 11 is 0. The SMILES string of the molecule is CCOc1cc2c(cc1OCC)[C@H]1[C@@H](C(=O)NCCCN3CCN(c4ccc(F)cc4)CC3)c3ccccc3C(=O)N1CC2. The average molecular weight is 601 g/mol. The van der Waals surface area contributed by atoms with Gasteiger partial charge in [0.15, 0.2) is 11.5 Å². The van der Waals surface area contributed by atoms with Gasteiger partial charge in [0, 0.05) is 50.5 Å². The number of hydrogen-bond donors (Lipinski definition) is 1. The second-order valence-electron chi connectivity index (χ2n) is 11.6. The van der Waals surface area contributed by atoms with Crippen molar-refractivity contribution in [2.75, 3.05) is 63.9 Å². The maximum Gasteiger partial charge on any atom is 0.254 e. The zero-order valence-corrected chi connectivity index (χ0v) is 25.6. The Morgan fingerprint density at radius 2 is 1.61 bits per heavy atom. The number of anilines is 1. The molecule has 0 aliphatic carbocycles. The van der Waals surface area contributed by atoms with Gasteiger partial charge >= 0.3 is 0 Å². The van der Waals surface area contributed by atoms with Crippen molar-refractivity contribution >= 4 is 17.5 Å². The van der Waals surface area contributed by atoms with Gasteiger partial charge in [-0.3, -0.25) is 14.5 Å². The highest BCUT2D eigenvalue weighted by Crippen LogP contribution is 2.48. The molecule has 1 N–H and O–H groups in total. The Hall–Kier alpha value is -4.11. The quantitative estimate of drug-likeness (QED) is 0.338. The summed E-state index contributed by atoms with van der Waals surface area (Å²) in [4.78, 5) is 34.3. The Labute approximate surface area is 258 Å². The van der Waals surface area contributed by atoms with Gasteiger partial charge in [-0.1, -0.05) is 18.2 Å². The molecule has 8 nitrogen and oxygen atoms in total. The van der Waals surface area contributed by atoms with Crippen LogP contribution in [0.4, 0.5) is 10.1 Å². The Morgan fingerprint density at radius 3 is 2.34 bits per heavy atom. The largest absolute Gasteiger partial charge is 0.490 e. The molecule has 0 unspecified atom stereocenters. The number of carbonyl (C=O) groups excluding carboxylic acids is 2. The molecule has 3 heterocycles. The van der Waals surface area contributed by atoms with Gasteiger partial charge < -0.3 is 24.6 Å². The van der Waals surface area contributed by atoms with Gasteiger partial charge in [-0.15, -0.1) is 0 Å². The second-order valence-corrected chi connectivity index (χ2v) is 11.6. The van der Waals surface area contributed by atoms with Crippen LogP contribution < -0.4 is 19.7 Å². The molecule has 1 saturated heterocycles. The van der Waals surface area contributed by atoms with Crippen molar-refractivity contribution < 1.29 is 23.5 Å². The van der Waals surface area contributed by atoms with E-state index in [9.17, 15) is 14.0 Å². The lowest BCUT2D eigenvalue weighted by atomic mass is 9.75. The summed E-state index contributed by atoms with van der Waals surface area (Å²) in [5.74, 6) is 0.481. The Kier molecular flexibility index (Phi) is 9.02. The van der Waals surface area contributed by atoms with Gasteiger partial charge in [0.1, 0.15) is 5.82 Å². The van der Waals surface area contributed by atoms with Gasteiger partial charge in [-0.05, 0) is 92.4 Å². The van der Waals surface area contributed by atoms with E-state index in [1.807, 2.05) is 67.3 Å². The smallest absolute Gasteiger partial charge is 0.254 e. The summed E-state index contributed by atoms with van der Waals surface area (Å²) in [6.07, 6.45) is 1.52. The number of piperazine rings is 1. The van der Waals surface area contributed by atoms with E-state index in [1.165, 1.54) is 12.1 Å². The lowest BCUT2D eigenvalue weighted by Gasteiger charge is -2.45. The molecule has 2 amide bonds. The number of ether oxygens (including phenoxy) is 2. The fraction of sp³-hybridized carbons (Fsp3) is 0.429. The first-order valence-electron chi connectivity index (χ1n) is 15.8. The van der Waals surface area contributed by atoms with Crippen molar-refractivity contribution in [1.82, 2.24) is 15.1 Å². The number of rotatable bonds is 10. The molecule has 2 atom stereocenters. The molecule has 232 valence electrons. The van der Waals surface area contributed by atoms with E-state index in [1.54, 1.807) is 0 Å². The maximum atomic E-state index is 14.0. The van der Waals surface area contributed by atoms with Crippen molar-refractivity contribution in [2.24, 2.45) is 0 Å². The topological polar surface area (TPSA) is 74.4 Å². The molecule has 0 radical (unpaired) electrons. The van der Waals surface area contributed by atoms with Gasteiger partial charge in [0.25, 0.3) is 5.91 Å². The van der Waals surface area contributed by atoms with Crippen LogP contribution in [0.15, 0.2) is 60.7 Å². The van der Waals surface area contributed by atoms with Crippen LogP contribution in [0.1, 0.15) is 59.3 Å². The number of fused-ring (bicyclic) bond motifs is 4. The molecule has 3 aliphatic rings. The normalized spacial score (nSPS) is 19.6. The van der Waals surface area contributed by atoms with Gasteiger partial charge in [0.05, 0.1) is 25.2 Å². The number of nitrogens with one attached hydrogen (secondary N) is 1. The third-order valence-corrected chi connectivity index (χ3v) is 8.98. The Bertz CT molecular complexity index is 1490. The molecular formula is C35H41FN4O4. The van der Waals surface area contributed by atoms with Crippen molar-refractivity contribution in [3.8, 4) is 11.5 Å². The first-order valence-corrected chi connectivity index (χ1v) is 15.8. The van der Waals surface area contributed by atoms with E-state index in [4.69, 9.17) is 9.47 Å². The summed E-state index contributed by atoms with van der Waals surface area (Å²) in [6.45, 7) is 10.5. The Balaban J connectivity index is 1.15. The maximum absolute atomic E-state index is 14.0. The first kappa shape index (κ1) is 29.9. The lowest BCUT2D eigenvalue weighted by molar-refractivity contribution is -0.124. The molecule has 6 rings (SSSR count). The van der Waals surface area contributed by atoms with Gasteiger partial charge in [-0.25, -0.2) is 4.39 Å². The predicted molar refractivity (Wildman–Crippen MR) is 168 cm³/mol. The van der Waals surface area contributed by atoms with Crippen molar-refractivity contribution in [2.45, 2.75) is 38.6 Å². The minimum atomic E-state index is -0.533. The standard InChI is InChI=1S/C35H41FN4O4/c1-3-43-30-22-24-14-17-40-33(29(24)23-31(30)44-4-2)32(27-8-5-6-9-28(27)35(40)42)34(41)37-15-7-16-38-18-20-39(21-19-38)26-12-10-25(36)11-13-26/h5-6,8-13,22-23,32-33H,3-4,7,14-21H2,1-2H3,(H,37,41)/t32-,33-/m0/s1. The average Bonchev–Trinajstić information content (AvgIpc) is 3.04. The van der Waals surface area contributed by atoms with Crippen LogP contribution in [0.5, 0.6) is 11.5 Å². The summed E-state index contributed by atoms with van der Waals surface area (Å²) in [5.41, 5.74) is 4.45. The Morgan fingerprint density at radius 1 is 0.909 bits per heavy atom. The van der Waals surface area contributed by atoms with Gasteiger partial charge in [0.2, 0.25) is 5.91 Å². The van der Waals surface area contributed by atoms with E-state index >= 15 is 0 Å². The summed E-state index contributed by atoms with van der Waals surface area (Å²) in [5, 5.41) is 3.22. The van der Waals surface area contributed by atoms with E-state index in [-0.39, 0.29) is 17.6 Å². The molecule has 0 bridgehead atoms. The van der Waals surface area contributed by atoms with Crippen LogP contribution in [0, 0.1) is 5.82 Å². The van der Waals surface area contributed by atoms with E-state index in [0.717, 1.165) is 61.5 Å². The molecule has 3 aromatic carbocycles. The van der Waals surface area contributed by atoms with E-state index in [2.05, 4.69) is 15.1 Å². The predicted octanol–water partition coefficient (Wildman–Crippen LogP) is 4.79. The molecule has 44 heavy (non-hydrogen) atoms. The second kappa shape index (κ2) is 13.3. The van der Waals surface area contributed by atoms with Crippen molar-refractivity contribution in [1.29, 1.82) is 0 Å². The summed E-state index contributed by atoms with van der Waals surface area (Å²) in [7, 11) is 0. The molecule has 1 fully saturated rings. The molecular weight excluding hydrogens is 559 g/mol. The zero-order valence-electron chi connectivity index (χ0n) is 25.6. The van der Waals surface area contributed by atoms with Gasteiger partial charge in [-0.2, -0.15) is 0 Å². The van der Waals surface area contributed by atoms with Crippen LogP contribution >= 0.6 is 0 Å². The fourth-order valence-corrected chi connectivity index (χ4v) is 6.86. The number of carbonyl (C=O) groups is 2. The van der Waals surface area contributed by atoms with Crippen molar-refractivity contribution in [3.05, 3.63) is 88.7 Å². The van der Waals surface area contributed by atoms with Crippen LogP contribution in [-0.2, 0) is 11.2 Å². The highest BCUT2D eigenvalue weighted by Gasteiger charge is 2.46. The van der Waals surface area contributed by atoms with Crippen molar-refractivity contribution in [3.63, 3.8) is 0 Å². The summed E-state index contributed by atoms with van der Waals surface area (Å²) < 4.78 is 25.1. The number of halogens is 1. The summed E-state index contributed by atoms with van der Waals surface area (Å²) in [6, 6.07) is 17.8. The molecule has 0 spiro atoms.